The largest absolute Gasteiger partial charge is 0.378 e. The Morgan fingerprint density at radius 1 is 1.14 bits per heavy atom. The van der Waals surface area contributed by atoms with Crippen LogP contribution in [0.4, 0.5) is 13.6 Å². The summed E-state index contributed by atoms with van der Waals surface area (Å²) in [4.78, 5) is 44.4. The molecule has 0 radical (unpaired) electrons. The summed E-state index contributed by atoms with van der Waals surface area (Å²) >= 11 is 0. The minimum absolute atomic E-state index is 0.176. The fourth-order valence-electron chi connectivity index (χ4n) is 3.74. The first-order valence-corrected chi connectivity index (χ1v) is 11.9. The first-order chi connectivity index (χ1) is 17.2. The van der Waals surface area contributed by atoms with E-state index in [2.05, 4.69) is 20.8 Å². The van der Waals surface area contributed by atoms with E-state index in [0.717, 1.165) is 0 Å². The summed E-state index contributed by atoms with van der Waals surface area (Å²) in [7, 11) is 0. The fourth-order valence-corrected chi connectivity index (χ4v) is 3.74. The maximum atomic E-state index is 14.9. The van der Waals surface area contributed by atoms with Gasteiger partial charge in [0.15, 0.2) is 0 Å². The van der Waals surface area contributed by atoms with E-state index < -0.39 is 55.0 Å². The Hall–Kier alpha value is -3.41. The van der Waals surface area contributed by atoms with Gasteiger partial charge in [0, 0.05) is 31.5 Å². The van der Waals surface area contributed by atoms with Gasteiger partial charge in [-0.05, 0) is 13.3 Å². The molecule has 3 atom stereocenters. The van der Waals surface area contributed by atoms with E-state index in [1.54, 1.807) is 31.2 Å². The van der Waals surface area contributed by atoms with Crippen molar-refractivity contribution in [2.75, 3.05) is 33.0 Å². The number of Topliss-reactive ketones (excluding diaryl/α,β-unsaturated/α-hetero) is 1. The van der Waals surface area contributed by atoms with Crippen molar-refractivity contribution in [1.29, 1.82) is 0 Å². The molecule has 2 unspecified atom stereocenters. The lowest BCUT2D eigenvalue weighted by Crippen LogP contribution is -2.56. The number of aromatic nitrogens is 2. The van der Waals surface area contributed by atoms with Gasteiger partial charge < -0.3 is 24.8 Å². The zero-order valence-electron chi connectivity index (χ0n) is 20.3. The van der Waals surface area contributed by atoms with E-state index in [-0.39, 0.29) is 18.1 Å². The minimum atomic E-state index is -2.06. The lowest BCUT2D eigenvalue weighted by molar-refractivity contribution is -0.124. The van der Waals surface area contributed by atoms with E-state index in [9.17, 15) is 23.2 Å². The molecule has 1 aromatic carbocycles. The molecule has 1 aromatic heterocycles. The van der Waals surface area contributed by atoms with E-state index in [1.807, 2.05) is 6.07 Å². The molecular formula is C24H31F2N5O5. The molecule has 1 aliphatic heterocycles. The number of carbonyl (C=O) groups is 3. The lowest BCUT2D eigenvalue weighted by Gasteiger charge is -2.31. The van der Waals surface area contributed by atoms with E-state index in [0.29, 0.717) is 31.9 Å². The standard InChI is InChI=1S/C24H31F2N5O5/c1-3-17(19(32)22-29-20(30-36-22)16-7-5-4-6-8-16)27-21(33)18(15-24(2,26)9-10-25)28-23(34)31-11-13-35-14-12-31/h4-8,17-18H,3,9-15H2,1-2H3,(H,27,33)(H,28,34)/t17-,18?,24?/m0/s1. The highest BCUT2D eigenvalue weighted by Gasteiger charge is 2.36. The van der Waals surface area contributed by atoms with Crippen LogP contribution in [0.25, 0.3) is 11.4 Å². The Labute approximate surface area is 207 Å². The summed E-state index contributed by atoms with van der Waals surface area (Å²) in [6, 6.07) is 5.93. The van der Waals surface area contributed by atoms with Crippen molar-refractivity contribution in [3.63, 3.8) is 0 Å². The third-order valence-electron chi connectivity index (χ3n) is 5.87. The molecule has 0 aliphatic carbocycles. The highest BCUT2D eigenvalue weighted by Crippen LogP contribution is 2.23. The maximum absolute atomic E-state index is 14.9. The number of nitrogens with zero attached hydrogens (tertiary/aromatic N) is 3. The van der Waals surface area contributed by atoms with Crippen molar-refractivity contribution in [2.24, 2.45) is 0 Å². The second-order valence-corrected chi connectivity index (χ2v) is 8.78. The lowest BCUT2D eigenvalue weighted by atomic mass is 9.94. The van der Waals surface area contributed by atoms with Gasteiger partial charge in [-0.25, -0.2) is 9.18 Å². The van der Waals surface area contributed by atoms with Crippen molar-refractivity contribution >= 4 is 17.7 Å². The molecule has 10 nitrogen and oxygen atoms in total. The number of benzene rings is 1. The molecule has 2 N–H and O–H groups in total. The van der Waals surface area contributed by atoms with Crippen molar-refractivity contribution in [3.05, 3.63) is 36.2 Å². The molecule has 1 saturated heterocycles. The van der Waals surface area contributed by atoms with Gasteiger partial charge in [0.2, 0.25) is 17.5 Å². The van der Waals surface area contributed by atoms with Crippen LogP contribution in [0.5, 0.6) is 0 Å². The predicted octanol–water partition coefficient (Wildman–Crippen LogP) is 2.70. The molecule has 0 saturated carbocycles. The van der Waals surface area contributed by atoms with Gasteiger partial charge in [0.1, 0.15) is 11.7 Å². The van der Waals surface area contributed by atoms with Crippen LogP contribution in [-0.4, -0.2) is 83.5 Å². The zero-order chi connectivity index (χ0) is 26.1. The smallest absolute Gasteiger partial charge is 0.318 e. The number of alkyl halides is 2. The van der Waals surface area contributed by atoms with Gasteiger partial charge in [-0.15, -0.1) is 0 Å². The van der Waals surface area contributed by atoms with Gasteiger partial charge in [-0.1, -0.05) is 42.4 Å². The fraction of sp³-hybridized carbons (Fsp3) is 0.542. The summed E-state index contributed by atoms with van der Waals surface area (Å²) in [6.07, 6.45) is -0.734. The van der Waals surface area contributed by atoms with E-state index >= 15 is 0 Å². The highest BCUT2D eigenvalue weighted by molar-refractivity contribution is 5.99. The summed E-state index contributed by atoms with van der Waals surface area (Å²) in [5.74, 6) is -1.47. The van der Waals surface area contributed by atoms with Crippen LogP contribution in [0.1, 0.15) is 43.8 Å². The van der Waals surface area contributed by atoms with Crippen LogP contribution in [0.2, 0.25) is 0 Å². The summed E-state index contributed by atoms with van der Waals surface area (Å²) in [5, 5.41) is 8.90. The normalized spacial score (nSPS) is 17.1. The third-order valence-corrected chi connectivity index (χ3v) is 5.87. The molecule has 2 heterocycles. The molecule has 3 amide bonds. The second-order valence-electron chi connectivity index (χ2n) is 8.78. The maximum Gasteiger partial charge on any atom is 0.318 e. The number of hydrogen-bond donors (Lipinski definition) is 2. The Morgan fingerprint density at radius 3 is 2.47 bits per heavy atom. The number of rotatable bonds is 11. The molecule has 2 aromatic rings. The third kappa shape index (κ3) is 7.30. The number of amides is 3. The molecule has 1 fully saturated rings. The number of urea groups is 1. The minimum Gasteiger partial charge on any atom is -0.378 e. The molecule has 12 heteroatoms. The predicted molar refractivity (Wildman–Crippen MR) is 126 cm³/mol. The number of morpholine rings is 1. The van der Waals surface area contributed by atoms with Gasteiger partial charge in [-0.3, -0.25) is 14.0 Å². The SMILES string of the molecule is CC[C@H](NC(=O)C(CC(C)(F)CCF)NC(=O)N1CCOCC1)C(=O)c1nc(-c2ccccc2)no1. The summed E-state index contributed by atoms with van der Waals surface area (Å²) in [5.41, 5.74) is -1.41. The van der Waals surface area contributed by atoms with E-state index in [1.165, 1.54) is 11.8 Å². The molecular weight excluding hydrogens is 476 g/mol. The average molecular weight is 508 g/mol. The van der Waals surface area contributed by atoms with E-state index in [4.69, 9.17) is 9.26 Å². The molecule has 0 spiro atoms. The summed E-state index contributed by atoms with van der Waals surface area (Å²) in [6.45, 7) is 3.22. The molecule has 36 heavy (non-hydrogen) atoms. The van der Waals surface area contributed by atoms with Crippen LogP contribution in [-0.2, 0) is 9.53 Å². The Kier molecular flexibility index (Phi) is 9.45. The first kappa shape index (κ1) is 27.2. The van der Waals surface area contributed by atoms with Gasteiger partial charge in [0.05, 0.1) is 25.9 Å². The number of nitrogens with one attached hydrogen (secondary N) is 2. The zero-order valence-corrected chi connectivity index (χ0v) is 20.3. The molecule has 1 aliphatic rings. The Bertz CT molecular complexity index is 1030. The Morgan fingerprint density at radius 2 is 1.83 bits per heavy atom. The highest BCUT2D eigenvalue weighted by atomic mass is 19.1. The summed E-state index contributed by atoms with van der Waals surface area (Å²) < 4.78 is 38.1. The van der Waals surface area contributed by atoms with Gasteiger partial charge >= 0.3 is 6.03 Å². The van der Waals surface area contributed by atoms with Crippen LogP contribution in [0.15, 0.2) is 34.9 Å². The topological polar surface area (TPSA) is 127 Å². The average Bonchev–Trinajstić information content (AvgIpc) is 3.37. The number of ketones is 1. The van der Waals surface area contributed by atoms with Crippen molar-refractivity contribution in [2.45, 2.75) is 50.9 Å². The van der Waals surface area contributed by atoms with Crippen LogP contribution in [0.3, 0.4) is 0 Å². The van der Waals surface area contributed by atoms with Crippen molar-refractivity contribution in [3.8, 4) is 11.4 Å². The number of carbonyl (C=O) groups excluding carboxylic acids is 3. The Balaban J connectivity index is 1.72. The van der Waals surface area contributed by atoms with Crippen LogP contribution in [0, 0.1) is 0 Å². The van der Waals surface area contributed by atoms with Crippen molar-refractivity contribution in [1.82, 2.24) is 25.7 Å². The molecule has 196 valence electrons. The second kappa shape index (κ2) is 12.5. The number of halogens is 2. The van der Waals surface area contributed by atoms with Crippen molar-refractivity contribution < 1.29 is 32.4 Å². The van der Waals surface area contributed by atoms with Gasteiger partial charge in [0.25, 0.3) is 5.89 Å². The molecule has 0 bridgehead atoms. The monoisotopic (exact) mass is 507 g/mol. The molecule has 3 rings (SSSR count). The number of hydrogen-bond acceptors (Lipinski definition) is 7. The van der Waals surface area contributed by atoms with Crippen LogP contribution < -0.4 is 10.6 Å². The van der Waals surface area contributed by atoms with Gasteiger partial charge in [-0.2, -0.15) is 4.98 Å². The number of ether oxygens (including phenoxy) is 1. The quantitative estimate of drug-likeness (QED) is 0.448. The van der Waals surface area contributed by atoms with Crippen LogP contribution >= 0.6 is 0 Å². The first-order valence-electron chi connectivity index (χ1n) is 11.9.